The highest BCUT2D eigenvalue weighted by atomic mass is 16.6. The summed E-state index contributed by atoms with van der Waals surface area (Å²) in [4.78, 5) is 82.7. The normalized spacial score (nSPS) is 16.5. The molecule has 0 bridgehead atoms. The summed E-state index contributed by atoms with van der Waals surface area (Å²) in [5.41, 5.74) is 3.69. The molecule has 4 N–H and O–H groups in total. The molecule has 4 atom stereocenters. The first kappa shape index (κ1) is 44.4. The first-order chi connectivity index (χ1) is 30.1. The first-order valence-electron chi connectivity index (χ1n) is 21.1. The van der Waals surface area contributed by atoms with Gasteiger partial charge in [0.2, 0.25) is 11.8 Å². The monoisotopic (exact) mass is 840 g/mol. The van der Waals surface area contributed by atoms with Gasteiger partial charge in [-0.15, -0.1) is 0 Å². The fourth-order valence-electron chi connectivity index (χ4n) is 7.38. The Morgan fingerprint density at radius 1 is 0.565 bits per heavy atom. The number of ether oxygens (including phenoxy) is 2. The number of hydrogen-bond acceptors (Lipinski definition) is 8. The van der Waals surface area contributed by atoms with Crippen LogP contribution >= 0.6 is 0 Å². The molecule has 0 radical (unpaired) electrons. The Hall–Kier alpha value is -7.14. The molecule has 2 heterocycles. The number of rotatable bonds is 14. The fourth-order valence-corrected chi connectivity index (χ4v) is 7.38. The van der Waals surface area contributed by atoms with Crippen molar-refractivity contribution < 1.29 is 38.2 Å². The molecule has 14 nitrogen and oxygen atoms in total. The van der Waals surface area contributed by atoms with Gasteiger partial charge in [-0.1, -0.05) is 86.4 Å². The number of amides is 6. The van der Waals surface area contributed by atoms with Gasteiger partial charge < -0.3 is 40.5 Å². The number of anilines is 2. The van der Waals surface area contributed by atoms with Crippen LogP contribution in [0.3, 0.4) is 0 Å². The molecule has 0 aromatic heterocycles. The van der Waals surface area contributed by atoms with Crippen molar-refractivity contribution in [2.45, 2.75) is 76.5 Å². The first-order valence-corrected chi connectivity index (χ1v) is 21.1. The Bertz CT molecular complexity index is 2090. The van der Waals surface area contributed by atoms with E-state index in [2.05, 4.69) is 33.1 Å². The summed E-state index contributed by atoms with van der Waals surface area (Å²) in [6.07, 6.45) is 2.13. The van der Waals surface area contributed by atoms with E-state index in [0.29, 0.717) is 85.2 Å². The minimum Gasteiger partial charge on any atom is -0.450 e. The molecule has 0 aliphatic carbocycles. The molecule has 62 heavy (non-hydrogen) atoms. The van der Waals surface area contributed by atoms with Gasteiger partial charge in [0.25, 0.3) is 11.8 Å². The molecule has 2 aliphatic heterocycles. The van der Waals surface area contributed by atoms with Crippen molar-refractivity contribution in [2.24, 2.45) is 0 Å². The third kappa shape index (κ3) is 11.8. The van der Waals surface area contributed by atoms with Crippen molar-refractivity contribution >= 4 is 47.2 Å². The second-order valence-corrected chi connectivity index (χ2v) is 15.0. The molecular weight excluding hydrogens is 789 g/mol. The number of carbonyl (C=O) groups excluding carboxylic acids is 6. The third-order valence-corrected chi connectivity index (χ3v) is 10.5. The average molecular weight is 841 g/mol. The van der Waals surface area contributed by atoms with Crippen LogP contribution in [0.25, 0.3) is 0 Å². The number of benzene rings is 4. The minimum absolute atomic E-state index is 0.222. The fraction of sp³-hybridized carbons (Fsp3) is 0.333. The summed E-state index contributed by atoms with van der Waals surface area (Å²) in [5, 5.41) is 11.2. The van der Waals surface area contributed by atoms with Gasteiger partial charge >= 0.3 is 12.2 Å². The lowest BCUT2D eigenvalue weighted by Crippen LogP contribution is -2.48. The molecule has 4 aromatic carbocycles. The summed E-state index contributed by atoms with van der Waals surface area (Å²) in [5.74, 6) is 4.81. The van der Waals surface area contributed by atoms with E-state index in [1.165, 1.54) is 9.80 Å². The molecule has 6 amide bonds. The number of nitrogens with zero attached hydrogens (tertiary/aromatic N) is 2. The third-order valence-electron chi connectivity index (χ3n) is 10.5. The van der Waals surface area contributed by atoms with E-state index in [0.717, 1.165) is 0 Å². The predicted octanol–water partition coefficient (Wildman–Crippen LogP) is 6.70. The Labute approximate surface area is 361 Å². The molecule has 2 saturated heterocycles. The standard InChI is InChI=1S/C48H52N6O8/c1-3-31-61-47(59)51-41(35-13-7-5-8-14-35)45(57)53-29-11-17-39(53)43(55)49-37-25-21-33(22-26-37)19-20-34-23-27-38(28-24-34)50-44(56)40-18-12-30-54(40)46(58)42(36-15-9-6-10-16-36)52-48(60)62-32-4-2/h5-10,13-16,21-28,39-42H,3-4,11-12,17-18,29-32H2,1-2H3,(H,49,55)(H,50,56)(H,51,59)(H,52,60)/t39-,40-,41+,42+/m0/s1. The Kier molecular flexibility index (Phi) is 15.7. The predicted molar refractivity (Wildman–Crippen MR) is 234 cm³/mol. The van der Waals surface area contributed by atoms with Gasteiger partial charge in [0.05, 0.1) is 13.2 Å². The van der Waals surface area contributed by atoms with E-state index in [4.69, 9.17) is 9.47 Å². The molecule has 0 spiro atoms. The van der Waals surface area contributed by atoms with E-state index >= 15 is 0 Å². The highest BCUT2D eigenvalue weighted by Gasteiger charge is 2.40. The lowest BCUT2D eigenvalue weighted by Gasteiger charge is -2.28. The number of alkyl carbamates (subject to hydrolysis) is 2. The van der Waals surface area contributed by atoms with Crippen molar-refractivity contribution in [3.63, 3.8) is 0 Å². The number of carbonyl (C=O) groups is 6. The maximum Gasteiger partial charge on any atom is 0.408 e. The SMILES string of the molecule is CCCOC(=O)N[C@@H](C(=O)N1CCC[C@H]1C(=O)Nc1ccc(C#Cc2ccc(NC(=O)[C@@H]3CCCN3C(=O)[C@H](NC(=O)OCCC)c3ccccc3)cc2)cc1)c1ccccc1. The van der Waals surface area contributed by atoms with Crippen LogP contribution in [0.4, 0.5) is 21.0 Å². The highest BCUT2D eigenvalue weighted by molar-refractivity contribution is 6.00. The average Bonchev–Trinajstić information content (AvgIpc) is 4.01. The minimum atomic E-state index is -1.01. The van der Waals surface area contributed by atoms with Gasteiger partial charge in [-0.2, -0.15) is 0 Å². The lowest BCUT2D eigenvalue weighted by atomic mass is 10.0. The van der Waals surface area contributed by atoms with Crippen LogP contribution in [-0.2, 0) is 28.7 Å². The molecule has 322 valence electrons. The Morgan fingerprint density at radius 2 is 0.935 bits per heavy atom. The zero-order valence-electron chi connectivity index (χ0n) is 34.9. The van der Waals surface area contributed by atoms with Crippen LogP contribution in [0, 0.1) is 11.8 Å². The van der Waals surface area contributed by atoms with Crippen LogP contribution in [0.5, 0.6) is 0 Å². The van der Waals surface area contributed by atoms with E-state index in [1.54, 1.807) is 97.1 Å². The lowest BCUT2D eigenvalue weighted by molar-refractivity contribution is -0.138. The van der Waals surface area contributed by atoms with E-state index in [-0.39, 0.29) is 36.8 Å². The van der Waals surface area contributed by atoms with Crippen molar-refractivity contribution in [3.05, 3.63) is 131 Å². The van der Waals surface area contributed by atoms with Crippen molar-refractivity contribution in [1.82, 2.24) is 20.4 Å². The summed E-state index contributed by atoms with van der Waals surface area (Å²) in [6, 6.07) is 28.5. The number of nitrogens with one attached hydrogen (secondary N) is 4. The van der Waals surface area contributed by atoms with Crippen LogP contribution in [0.15, 0.2) is 109 Å². The number of likely N-dealkylation sites (tertiary alicyclic amines) is 2. The van der Waals surface area contributed by atoms with Gasteiger partial charge in [0, 0.05) is 35.6 Å². The Morgan fingerprint density at radius 3 is 1.29 bits per heavy atom. The van der Waals surface area contributed by atoms with Gasteiger partial charge in [-0.05, 0) is 98.2 Å². The van der Waals surface area contributed by atoms with E-state index in [1.807, 2.05) is 26.0 Å². The highest BCUT2D eigenvalue weighted by Crippen LogP contribution is 2.27. The Balaban J connectivity index is 1.03. The molecule has 4 aromatic rings. The van der Waals surface area contributed by atoms with Crippen LogP contribution < -0.4 is 21.3 Å². The maximum atomic E-state index is 13.8. The molecule has 14 heteroatoms. The summed E-state index contributed by atoms with van der Waals surface area (Å²) in [7, 11) is 0. The van der Waals surface area contributed by atoms with Crippen LogP contribution in [0.2, 0.25) is 0 Å². The second kappa shape index (κ2) is 21.9. The molecule has 2 fully saturated rings. The zero-order chi connectivity index (χ0) is 43.8. The van der Waals surface area contributed by atoms with Gasteiger partial charge in [0.15, 0.2) is 0 Å². The molecular formula is C48H52N6O8. The largest absolute Gasteiger partial charge is 0.450 e. The molecule has 6 rings (SSSR count). The van der Waals surface area contributed by atoms with Gasteiger partial charge in [0.1, 0.15) is 24.2 Å². The zero-order valence-corrected chi connectivity index (χ0v) is 34.9. The molecule has 0 unspecified atom stereocenters. The smallest absolute Gasteiger partial charge is 0.408 e. The van der Waals surface area contributed by atoms with Crippen molar-refractivity contribution in [2.75, 3.05) is 36.9 Å². The van der Waals surface area contributed by atoms with Crippen molar-refractivity contribution in [1.29, 1.82) is 0 Å². The summed E-state index contributed by atoms with van der Waals surface area (Å²) >= 11 is 0. The van der Waals surface area contributed by atoms with Crippen LogP contribution in [-0.4, -0.2) is 84.0 Å². The van der Waals surface area contributed by atoms with E-state index in [9.17, 15) is 28.8 Å². The van der Waals surface area contributed by atoms with E-state index < -0.39 is 36.4 Å². The molecule has 0 saturated carbocycles. The van der Waals surface area contributed by atoms with Gasteiger partial charge in [-0.3, -0.25) is 19.2 Å². The maximum absolute atomic E-state index is 13.8. The molecule has 2 aliphatic rings. The van der Waals surface area contributed by atoms with Crippen LogP contribution in [0.1, 0.15) is 86.7 Å². The van der Waals surface area contributed by atoms with Gasteiger partial charge in [-0.25, -0.2) is 9.59 Å². The second-order valence-electron chi connectivity index (χ2n) is 15.0. The topological polar surface area (TPSA) is 175 Å². The quantitative estimate of drug-likeness (QED) is 0.102. The number of hydrogen-bond donors (Lipinski definition) is 4. The summed E-state index contributed by atoms with van der Waals surface area (Å²) in [6.45, 7) is 4.96. The van der Waals surface area contributed by atoms with Crippen molar-refractivity contribution in [3.8, 4) is 11.8 Å². The summed E-state index contributed by atoms with van der Waals surface area (Å²) < 4.78 is 10.4.